The minimum Gasteiger partial charge on any atom is -0.456 e. The van der Waals surface area contributed by atoms with E-state index in [9.17, 15) is 10.1 Å². The van der Waals surface area contributed by atoms with E-state index in [1.165, 1.54) is 0 Å². The first-order valence-electron chi connectivity index (χ1n) is 9.59. The third-order valence-corrected chi connectivity index (χ3v) is 5.54. The van der Waals surface area contributed by atoms with Crippen LogP contribution in [0, 0.1) is 11.3 Å². The van der Waals surface area contributed by atoms with Gasteiger partial charge in [0, 0.05) is 19.5 Å². The first-order chi connectivity index (χ1) is 13.7. The Balaban J connectivity index is 1.43. The molecule has 2 heterocycles. The summed E-state index contributed by atoms with van der Waals surface area (Å²) in [4.78, 5) is 14.6. The maximum Gasteiger partial charge on any atom is 0.289 e. The van der Waals surface area contributed by atoms with E-state index in [-0.39, 0.29) is 5.91 Å². The van der Waals surface area contributed by atoms with Crippen LogP contribution in [0.1, 0.15) is 40.3 Å². The number of benzene rings is 2. The SMILES string of the molecule is N#CC1(c2ccccc2)CCN(C(=O)c2ccc(Cc3ccccc3)o2)CC1. The molecule has 1 aliphatic rings. The molecular formula is C24H22N2O2. The summed E-state index contributed by atoms with van der Waals surface area (Å²) in [7, 11) is 0. The number of likely N-dealkylation sites (tertiary alicyclic amines) is 1. The number of furan rings is 1. The number of carbonyl (C=O) groups is 1. The summed E-state index contributed by atoms with van der Waals surface area (Å²) in [5.41, 5.74) is 1.67. The second kappa shape index (κ2) is 7.74. The average molecular weight is 370 g/mol. The Morgan fingerprint density at radius 1 is 0.964 bits per heavy atom. The van der Waals surface area contributed by atoms with Crippen molar-refractivity contribution >= 4 is 5.91 Å². The van der Waals surface area contributed by atoms with Gasteiger partial charge in [-0.05, 0) is 36.1 Å². The molecule has 1 aromatic heterocycles. The summed E-state index contributed by atoms with van der Waals surface area (Å²) in [6.45, 7) is 1.10. The number of nitrogens with zero attached hydrogens (tertiary/aromatic N) is 2. The van der Waals surface area contributed by atoms with Crippen LogP contribution in [0.2, 0.25) is 0 Å². The first-order valence-corrected chi connectivity index (χ1v) is 9.59. The largest absolute Gasteiger partial charge is 0.456 e. The third-order valence-electron chi connectivity index (χ3n) is 5.54. The van der Waals surface area contributed by atoms with E-state index in [4.69, 9.17) is 4.42 Å². The number of hydrogen-bond donors (Lipinski definition) is 0. The molecule has 140 valence electrons. The zero-order chi connectivity index (χ0) is 19.4. The fourth-order valence-electron chi connectivity index (χ4n) is 3.85. The molecule has 0 bridgehead atoms. The monoisotopic (exact) mass is 370 g/mol. The lowest BCUT2D eigenvalue weighted by Crippen LogP contribution is -2.44. The van der Waals surface area contributed by atoms with Crippen LogP contribution in [-0.4, -0.2) is 23.9 Å². The average Bonchev–Trinajstić information content (AvgIpc) is 3.23. The Kier molecular flexibility index (Phi) is 4.99. The quantitative estimate of drug-likeness (QED) is 0.676. The summed E-state index contributed by atoms with van der Waals surface area (Å²) in [6.07, 6.45) is 1.94. The highest BCUT2D eigenvalue weighted by atomic mass is 16.4. The predicted molar refractivity (Wildman–Crippen MR) is 107 cm³/mol. The summed E-state index contributed by atoms with van der Waals surface area (Å²) in [5.74, 6) is 1.05. The Hall–Kier alpha value is -3.32. The molecule has 1 aliphatic heterocycles. The van der Waals surface area contributed by atoms with E-state index in [1.54, 1.807) is 11.0 Å². The maximum atomic E-state index is 12.9. The molecule has 1 amide bonds. The van der Waals surface area contributed by atoms with Crippen molar-refractivity contribution in [1.82, 2.24) is 4.90 Å². The maximum absolute atomic E-state index is 12.9. The van der Waals surface area contributed by atoms with Gasteiger partial charge in [-0.2, -0.15) is 5.26 Å². The van der Waals surface area contributed by atoms with Gasteiger partial charge in [-0.3, -0.25) is 4.79 Å². The molecule has 2 aromatic carbocycles. The molecular weight excluding hydrogens is 348 g/mol. The van der Waals surface area contributed by atoms with Crippen LogP contribution in [0.3, 0.4) is 0 Å². The van der Waals surface area contributed by atoms with E-state index in [0.717, 1.165) is 16.9 Å². The lowest BCUT2D eigenvalue weighted by Gasteiger charge is -2.37. The second-order valence-corrected chi connectivity index (χ2v) is 7.28. The zero-order valence-corrected chi connectivity index (χ0v) is 15.7. The van der Waals surface area contributed by atoms with Crippen molar-refractivity contribution in [2.24, 2.45) is 0 Å². The molecule has 1 fully saturated rings. The van der Waals surface area contributed by atoms with Crippen molar-refractivity contribution in [2.75, 3.05) is 13.1 Å². The van der Waals surface area contributed by atoms with Crippen LogP contribution in [-0.2, 0) is 11.8 Å². The van der Waals surface area contributed by atoms with Crippen LogP contribution >= 0.6 is 0 Å². The van der Waals surface area contributed by atoms with Gasteiger partial charge in [0.15, 0.2) is 5.76 Å². The molecule has 0 unspecified atom stereocenters. The fourth-order valence-corrected chi connectivity index (χ4v) is 3.85. The fraction of sp³-hybridized carbons (Fsp3) is 0.250. The van der Waals surface area contributed by atoms with Crippen LogP contribution in [0.15, 0.2) is 77.2 Å². The van der Waals surface area contributed by atoms with Gasteiger partial charge >= 0.3 is 0 Å². The van der Waals surface area contributed by atoms with Gasteiger partial charge in [0.25, 0.3) is 5.91 Å². The Morgan fingerprint density at radius 3 is 2.25 bits per heavy atom. The van der Waals surface area contributed by atoms with Crippen LogP contribution in [0.5, 0.6) is 0 Å². The van der Waals surface area contributed by atoms with Crippen molar-refractivity contribution in [3.8, 4) is 6.07 Å². The third kappa shape index (κ3) is 3.57. The topological polar surface area (TPSA) is 57.2 Å². The van der Waals surface area contributed by atoms with Gasteiger partial charge in [-0.15, -0.1) is 0 Å². The number of amides is 1. The second-order valence-electron chi connectivity index (χ2n) is 7.28. The van der Waals surface area contributed by atoms with Crippen LogP contribution in [0.4, 0.5) is 0 Å². The molecule has 28 heavy (non-hydrogen) atoms. The minimum absolute atomic E-state index is 0.0982. The molecule has 4 rings (SSSR count). The highest BCUT2D eigenvalue weighted by molar-refractivity contribution is 5.91. The molecule has 0 radical (unpaired) electrons. The van der Waals surface area contributed by atoms with Crippen LogP contribution in [0.25, 0.3) is 0 Å². The van der Waals surface area contributed by atoms with Gasteiger partial charge in [-0.1, -0.05) is 60.7 Å². The van der Waals surface area contributed by atoms with E-state index in [0.29, 0.717) is 38.1 Å². The van der Waals surface area contributed by atoms with Gasteiger partial charge in [0.2, 0.25) is 0 Å². The van der Waals surface area contributed by atoms with E-state index >= 15 is 0 Å². The van der Waals surface area contributed by atoms with Crippen molar-refractivity contribution in [1.29, 1.82) is 5.26 Å². The zero-order valence-electron chi connectivity index (χ0n) is 15.7. The number of piperidine rings is 1. The number of carbonyl (C=O) groups excluding carboxylic acids is 1. The molecule has 0 aliphatic carbocycles. The first kappa shape index (κ1) is 18.1. The van der Waals surface area contributed by atoms with Crippen molar-refractivity contribution in [3.63, 3.8) is 0 Å². The summed E-state index contributed by atoms with van der Waals surface area (Å²) in [6, 6.07) is 26.1. The van der Waals surface area contributed by atoms with E-state index in [1.807, 2.05) is 66.7 Å². The van der Waals surface area contributed by atoms with E-state index in [2.05, 4.69) is 6.07 Å². The smallest absolute Gasteiger partial charge is 0.289 e. The lowest BCUT2D eigenvalue weighted by molar-refractivity contribution is 0.0658. The van der Waals surface area contributed by atoms with E-state index < -0.39 is 5.41 Å². The number of hydrogen-bond acceptors (Lipinski definition) is 3. The Labute approximate surface area is 165 Å². The molecule has 1 saturated heterocycles. The van der Waals surface area contributed by atoms with Crippen LogP contribution < -0.4 is 0 Å². The standard InChI is InChI=1S/C24H22N2O2/c25-18-24(20-9-5-2-6-10-20)13-15-26(16-14-24)23(27)22-12-11-21(28-22)17-19-7-3-1-4-8-19/h1-12H,13-17H2. The Morgan fingerprint density at radius 2 is 1.61 bits per heavy atom. The normalized spacial score (nSPS) is 15.8. The number of rotatable bonds is 4. The van der Waals surface area contributed by atoms with Gasteiger partial charge in [0.05, 0.1) is 11.5 Å². The summed E-state index contributed by atoms with van der Waals surface area (Å²) in [5, 5.41) is 9.81. The van der Waals surface area contributed by atoms with Gasteiger partial charge in [0.1, 0.15) is 5.76 Å². The number of nitriles is 1. The van der Waals surface area contributed by atoms with Gasteiger partial charge in [-0.25, -0.2) is 0 Å². The van der Waals surface area contributed by atoms with Crippen molar-refractivity contribution < 1.29 is 9.21 Å². The predicted octanol–water partition coefficient (Wildman–Crippen LogP) is 4.57. The molecule has 0 spiro atoms. The van der Waals surface area contributed by atoms with Crippen molar-refractivity contribution in [3.05, 3.63) is 95.4 Å². The molecule has 4 heteroatoms. The summed E-state index contributed by atoms with van der Waals surface area (Å²) < 4.78 is 5.81. The summed E-state index contributed by atoms with van der Waals surface area (Å²) >= 11 is 0. The molecule has 3 aromatic rings. The molecule has 4 nitrogen and oxygen atoms in total. The van der Waals surface area contributed by atoms with Gasteiger partial charge < -0.3 is 9.32 Å². The minimum atomic E-state index is -0.514. The molecule has 0 atom stereocenters. The van der Waals surface area contributed by atoms with Crippen molar-refractivity contribution in [2.45, 2.75) is 24.7 Å². The Bertz CT molecular complexity index is 978. The lowest BCUT2D eigenvalue weighted by atomic mass is 9.74. The molecule has 0 N–H and O–H groups in total. The highest BCUT2D eigenvalue weighted by Crippen LogP contribution is 2.35. The highest BCUT2D eigenvalue weighted by Gasteiger charge is 2.38. The molecule has 0 saturated carbocycles.